The van der Waals surface area contributed by atoms with Gasteiger partial charge in [-0.15, -0.1) is 11.3 Å². The molecule has 0 bridgehead atoms. The van der Waals surface area contributed by atoms with Gasteiger partial charge in [-0.25, -0.2) is 17.6 Å². The van der Waals surface area contributed by atoms with Gasteiger partial charge in [-0.05, 0) is 29.1 Å². The average Bonchev–Trinajstić information content (AvgIpc) is 3.13. The van der Waals surface area contributed by atoms with Gasteiger partial charge in [0.1, 0.15) is 0 Å². The van der Waals surface area contributed by atoms with E-state index in [9.17, 15) is 35.7 Å². The molecule has 1 atom stereocenters. The van der Waals surface area contributed by atoms with E-state index in [1.54, 1.807) is 12.1 Å². The maximum atomic E-state index is 13.4. The molecular formula is C17H11F6O5PS. The van der Waals surface area contributed by atoms with Crippen LogP contribution in [0, 0.1) is 29.1 Å². The van der Waals surface area contributed by atoms with Crippen molar-refractivity contribution < 1.29 is 50.2 Å². The maximum Gasteiger partial charge on any atom is 0.363 e. The Morgan fingerprint density at radius 3 is 2.00 bits per heavy atom. The topological polar surface area (TPSA) is 83.8 Å². The normalized spacial score (nSPS) is 12.3. The van der Waals surface area contributed by atoms with Crippen LogP contribution >= 0.6 is 18.9 Å². The highest BCUT2D eigenvalue weighted by Crippen LogP contribution is 2.53. The highest BCUT2D eigenvalue weighted by atomic mass is 32.1. The zero-order valence-electron chi connectivity index (χ0n) is 14.7. The van der Waals surface area contributed by atoms with Crippen LogP contribution in [0.1, 0.15) is 21.1 Å². The Hall–Kier alpha value is -2.40. The van der Waals surface area contributed by atoms with E-state index in [-0.39, 0.29) is 5.56 Å². The van der Waals surface area contributed by atoms with E-state index in [2.05, 4.69) is 4.74 Å². The highest BCUT2D eigenvalue weighted by molar-refractivity contribution is 7.51. The SMILES string of the molecule is COc1c(F)c(F)c(F)c(F)c1F.O=Cc1cc2cc(C(F)P(=O)(O)O)ccc2s1. The molecular weight excluding hydrogens is 461 g/mol. The lowest BCUT2D eigenvalue weighted by Crippen LogP contribution is -2.04. The Bertz CT molecular complexity index is 1120. The van der Waals surface area contributed by atoms with Crippen LogP contribution in [-0.2, 0) is 4.57 Å². The zero-order valence-corrected chi connectivity index (χ0v) is 16.4. The molecule has 162 valence electrons. The molecule has 2 aromatic carbocycles. The first kappa shape index (κ1) is 23.9. The second-order valence-corrected chi connectivity index (χ2v) is 8.34. The van der Waals surface area contributed by atoms with Crippen LogP contribution in [0.2, 0.25) is 0 Å². The minimum atomic E-state index is -4.79. The number of rotatable bonds is 4. The molecule has 0 fully saturated rings. The number of alkyl halides is 1. The monoisotopic (exact) mass is 472 g/mol. The summed E-state index contributed by atoms with van der Waals surface area (Å²) in [6, 6.07) is 5.77. The van der Waals surface area contributed by atoms with Crippen LogP contribution in [0.3, 0.4) is 0 Å². The molecule has 0 radical (unpaired) electrons. The predicted octanol–water partition coefficient (Wildman–Crippen LogP) is 5.25. The maximum absolute atomic E-state index is 13.4. The molecule has 0 aliphatic carbocycles. The van der Waals surface area contributed by atoms with Gasteiger partial charge >= 0.3 is 7.60 Å². The highest BCUT2D eigenvalue weighted by Gasteiger charge is 2.30. The number of hydrogen-bond donors (Lipinski definition) is 2. The molecule has 0 spiro atoms. The van der Waals surface area contributed by atoms with Crippen molar-refractivity contribution in [3.63, 3.8) is 0 Å². The van der Waals surface area contributed by atoms with Crippen molar-refractivity contribution in [2.24, 2.45) is 0 Å². The van der Waals surface area contributed by atoms with Crippen LogP contribution in [0.25, 0.3) is 10.1 Å². The molecule has 2 N–H and O–H groups in total. The number of benzene rings is 2. The number of hydrogen-bond acceptors (Lipinski definition) is 4. The summed E-state index contributed by atoms with van der Waals surface area (Å²) in [4.78, 5) is 28.5. The van der Waals surface area contributed by atoms with E-state index >= 15 is 0 Å². The second kappa shape index (κ2) is 9.17. The van der Waals surface area contributed by atoms with Crippen molar-refractivity contribution in [2.45, 2.75) is 5.91 Å². The quantitative estimate of drug-likeness (QED) is 0.178. The first-order valence-corrected chi connectivity index (χ1v) is 10.2. The van der Waals surface area contributed by atoms with Crippen molar-refractivity contribution in [3.05, 3.63) is 63.8 Å². The summed E-state index contributed by atoms with van der Waals surface area (Å²) < 4.78 is 91.2. The van der Waals surface area contributed by atoms with Crippen LogP contribution in [0.15, 0.2) is 24.3 Å². The van der Waals surface area contributed by atoms with Gasteiger partial charge in [0.25, 0.3) is 0 Å². The van der Waals surface area contributed by atoms with E-state index in [0.29, 0.717) is 16.5 Å². The van der Waals surface area contributed by atoms with Crippen molar-refractivity contribution in [2.75, 3.05) is 7.11 Å². The molecule has 13 heteroatoms. The average molecular weight is 472 g/mol. The number of carbonyl (C=O) groups is 1. The Balaban J connectivity index is 0.000000222. The fourth-order valence-electron chi connectivity index (χ4n) is 2.25. The number of carbonyl (C=O) groups excluding carboxylic acids is 1. The smallest absolute Gasteiger partial charge is 0.363 e. The summed E-state index contributed by atoms with van der Waals surface area (Å²) in [5, 5.41) is 0.603. The third-order valence-electron chi connectivity index (χ3n) is 3.62. The second-order valence-electron chi connectivity index (χ2n) is 5.59. The zero-order chi connectivity index (χ0) is 22.8. The first-order chi connectivity index (χ1) is 13.9. The number of halogens is 6. The van der Waals surface area contributed by atoms with Crippen molar-refractivity contribution in [1.29, 1.82) is 0 Å². The summed E-state index contributed by atoms with van der Waals surface area (Å²) in [6.45, 7) is 0. The summed E-state index contributed by atoms with van der Waals surface area (Å²) in [7, 11) is -3.99. The number of fused-ring (bicyclic) bond motifs is 1. The van der Waals surface area contributed by atoms with E-state index in [1.165, 1.54) is 23.5 Å². The Labute approximate surface area is 168 Å². The largest absolute Gasteiger partial charge is 0.491 e. The third-order valence-corrected chi connectivity index (χ3v) is 5.55. The van der Waals surface area contributed by atoms with Crippen LogP contribution in [0.4, 0.5) is 26.3 Å². The van der Waals surface area contributed by atoms with Gasteiger partial charge in [-0.3, -0.25) is 9.36 Å². The molecule has 5 nitrogen and oxygen atoms in total. The van der Waals surface area contributed by atoms with E-state index in [1.807, 2.05) is 0 Å². The third kappa shape index (κ3) is 4.84. The number of methoxy groups -OCH3 is 1. The molecule has 0 aliphatic heterocycles. The molecule has 0 saturated heterocycles. The van der Waals surface area contributed by atoms with Gasteiger partial charge in [0, 0.05) is 4.70 Å². The summed E-state index contributed by atoms with van der Waals surface area (Å²) in [6.07, 6.45) is 0.681. The van der Waals surface area contributed by atoms with Crippen LogP contribution < -0.4 is 4.74 Å². The van der Waals surface area contributed by atoms with Gasteiger partial charge in [0.2, 0.25) is 35.0 Å². The lowest BCUT2D eigenvalue weighted by atomic mass is 10.2. The lowest BCUT2D eigenvalue weighted by Gasteiger charge is -2.09. The lowest BCUT2D eigenvalue weighted by molar-refractivity contribution is 0.112. The Morgan fingerprint density at radius 2 is 1.53 bits per heavy atom. The molecule has 3 aromatic rings. The number of aldehydes is 1. The summed E-state index contributed by atoms with van der Waals surface area (Å²) >= 11 is 1.24. The van der Waals surface area contributed by atoms with Gasteiger partial charge in [-0.1, -0.05) is 6.07 Å². The van der Waals surface area contributed by atoms with Crippen molar-refractivity contribution in [3.8, 4) is 5.75 Å². The van der Waals surface area contributed by atoms with Gasteiger partial charge < -0.3 is 14.5 Å². The Morgan fingerprint density at radius 1 is 1.00 bits per heavy atom. The number of thiophene rings is 1. The Kier molecular flexibility index (Phi) is 7.30. The summed E-state index contributed by atoms with van der Waals surface area (Å²) in [5.74, 6) is -13.8. The minimum absolute atomic E-state index is 0.0823. The van der Waals surface area contributed by atoms with E-state index in [4.69, 9.17) is 9.79 Å². The van der Waals surface area contributed by atoms with Gasteiger partial charge in [-0.2, -0.15) is 8.78 Å². The molecule has 0 saturated carbocycles. The molecule has 1 unspecified atom stereocenters. The first-order valence-electron chi connectivity index (χ1n) is 7.65. The number of ether oxygens (including phenoxy) is 1. The fourth-order valence-corrected chi connectivity index (χ4v) is 3.66. The van der Waals surface area contributed by atoms with Gasteiger partial charge in [0.15, 0.2) is 12.0 Å². The standard InChI is InChI=1S/C10H8FO4PS.C7H3F5O/c11-10(16(13,14)15)6-1-2-9-7(3-6)4-8(5-12)17-9;1-13-7-5(11)3(9)2(8)4(10)6(7)12/h1-5,10H,(H2,13,14,15);1H3. The molecule has 0 aliphatic rings. The molecule has 1 heterocycles. The van der Waals surface area contributed by atoms with E-state index in [0.717, 1.165) is 11.8 Å². The summed E-state index contributed by atoms with van der Waals surface area (Å²) in [5.41, 5.74) is -0.0823. The van der Waals surface area contributed by atoms with Crippen molar-refractivity contribution >= 4 is 35.3 Å². The fraction of sp³-hybridized carbons (Fsp3) is 0.118. The van der Waals surface area contributed by atoms with Crippen LogP contribution in [-0.4, -0.2) is 23.2 Å². The van der Waals surface area contributed by atoms with Gasteiger partial charge in [0.05, 0.1) is 12.0 Å². The molecule has 30 heavy (non-hydrogen) atoms. The minimum Gasteiger partial charge on any atom is -0.491 e. The van der Waals surface area contributed by atoms with Crippen molar-refractivity contribution in [1.82, 2.24) is 0 Å². The predicted molar refractivity (Wildman–Crippen MR) is 95.9 cm³/mol. The molecule has 3 rings (SSSR count). The molecule has 0 amide bonds. The van der Waals surface area contributed by atoms with E-state index < -0.39 is 48.3 Å². The molecule has 1 aromatic heterocycles. The van der Waals surface area contributed by atoms with Crippen LogP contribution in [0.5, 0.6) is 5.75 Å².